The first-order chi connectivity index (χ1) is 9.10. The molecule has 2 N–H and O–H groups in total. The van der Waals surface area contributed by atoms with Crippen LogP contribution in [0.2, 0.25) is 0 Å². The molecule has 2 rings (SSSR count). The molecule has 0 aliphatic rings. The Labute approximate surface area is 114 Å². The summed E-state index contributed by atoms with van der Waals surface area (Å²) < 4.78 is 12.8. The molecule has 0 fully saturated rings. The molecule has 4 nitrogen and oxygen atoms in total. The van der Waals surface area contributed by atoms with Gasteiger partial charge in [-0.2, -0.15) is 5.26 Å². The van der Waals surface area contributed by atoms with Crippen LogP contribution in [0, 0.1) is 24.1 Å². The Bertz CT molecular complexity index is 611. The monoisotopic (exact) mass is 274 g/mol. The molecule has 2 aromatic rings. The molecule has 0 saturated carbocycles. The minimum Gasteiger partial charge on any atom is -0.382 e. The fourth-order valence-corrected chi connectivity index (χ4v) is 2.35. The van der Waals surface area contributed by atoms with E-state index in [-0.39, 0.29) is 11.6 Å². The van der Waals surface area contributed by atoms with Gasteiger partial charge in [0.15, 0.2) is 5.16 Å². The molecule has 1 heterocycles. The predicted octanol–water partition coefficient (Wildman–Crippen LogP) is 2.67. The number of aromatic nitrogens is 2. The molecule has 0 radical (unpaired) electrons. The summed E-state index contributed by atoms with van der Waals surface area (Å²) in [7, 11) is 0. The van der Waals surface area contributed by atoms with Crippen LogP contribution in [0.3, 0.4) is 0 Å². The van der Waals surface area contributed by atoms with E-state index in [2.05, 4.69) is 9.97 Å². The van der Waals surface area contributed by atoms with Crippen molar-refractivity contribution in [1.82, 2.24) is 9.97 Å². The van der Waals surface area contributed by atoms with Crippen molar-refractivity contribution in [1.29, 1.82) is 5.26 Å². The molecule has 1 aromatic carbocycles. The number of nitrogens with two attached hydrogens (primary N) is 1. The van der Waals surface area contributed by atoms with Crippen molar-refractivity contribution >= 4 is 17.6 Å². The summed E-state index contributed by atoms with van der Waals surface area (Å²) in [5.74, 6) is 0.547. The number of benzene rings is 1. The first-order valence-electron chi connectivity index (χ1n) is 5.51. The highest BCUT2D eigenvalue weighted by Gasteiger charge is 2.09. The van der Waals surface area contributed by atoms with Gasteiger partial charge in [0, 0.05) is 5.75 Å². The molecular weight excluding hydrogens is 263 g/mol. The fraction of sp³-hybridized carbons (Fsp3) is 0.154. The van der Waals surface area contributed by atoms with Gasteiger partial charge in [-0.3, -0.25) is 0 Å². The van der Waals surface area contributed by atoms with E-state index in [0.717, 1.165) is 5.56 Å². The number of rotatable bonds is 3. The zero-order valence-electron chi connectivity index (χ0n) is 10.2. The summed E-state index contributed by atoms with van der Waals surface area (Å²) in [4.78, 5) is 8.28. The van der Waals surface area contributed by atoms with Gasteiger partial charge in [0.2, 0.25) is 0 Å². The van der Waals surface area contributed by atoms with E-state index in [9.17, 15) is 4.39 Å². The van der Waals surface area contributed by atoms with E-state index in [0.29, 0.717) is 22.2 Å². The average Bonchev–Trinajstić information content (AvgIpc) is 2.38. The van der Waals surface area contributed by atoms with E-state index in [1.807, 2.05) is 6.07 Å². The van der Waals surface area contributed by atoms with Gasteiger partial charge in [0.25, 0.3) is 0 Å². The van der Waals surface area contributed by atoms with Crippen LogP contribution in [0.15, 0.2) is 29.4 Å². The molecule has 96 valence electrons. The maximum Gasteiger partial charge on any atom is 0.190 e. The summed E-state index contributed by atoms with van der Waals surface area (Å²) >= 11 is 1.39. The molecule has 0 atom stereocenters. The third-order valence-corrected chi connectivity index (χ3v) is 3.41. The van der Waals surface area contributed by atoms with Crippen LogP contribution < -0.4 is 5.73 Å². The highest BCUT2D eigenvalue weighted by atomic mass is 32.2. The second-order valence-electron chi connectivity index (χ2n) is 3.88. The topological polar surface area (TPSA) is 75.6 Å². The molecule has 0 spiro atoms. The molecule has 0 bridgehead atoms. The van der Waals surface area contributed by atoms with Crippen LogP contribution in [0.4, 0.5) is 10.2 Å². The van der Waals surface area contributed by atoms with Gasteiger partial charge in [0.1, 0.15) is 23.3 Å². The van der Waals surface area contributed by atoms with E-state index < -0.39 is 0 Å². The Morgan fingerprint density at radius 3 is 2.58 bits per heavy atom. The number of anilines is 1. The van der Waals surface area contributed by atoms with Gasteiger partial charge in [-0.25, -0.2) is 14.4 Å². The number of halogens is 1. The Morgan fingerprint density at radius 2 is 2.00 bits per heavy atom. The minimum absolute atomic E-state index is 0.191. The fourth-order valence-electron chi connectivity index (χ4n) is 1.50. The second-order valence-corrected chi connectivity index (χ2v) is 4.82. The first-order valence-corrected chi connectivity index (χ1v) is 6.50. The van der Waals surface area contributed by atoms with Crippen LogP contribution in [-0.4, -0.2) is 9.97 Å². The summed E-state index contributed by atoms with van der Waals surface area (Å²) in [5.41, 5.74) is 7.53. The van der Waals surface area contributed by atoms with Gasteiger partial charge in [0.05, 0.1) is 5.69 Å². The molecule has 0 aliphatic carbocycles. The lowest BCUT2D eigenvalue weighted by Crippen LogP contribution is -2.02. The van der Waals surface area contributed by atoms with Crippen molar-refractivity contribution in [3.63, 3.8) is 0 Å². The lowest BCUT2D eigenvalue weighted by Gasteiger charge is -2.05. The minimum atomic E-state index is -0.261. The number of nitrogen functional groups attached to an aromatic ring is 1. The van der Waals surface area contributed by atoms with Gasteiger partial charge in [-0.1, -0.05) is 23.9 Å². The zero-order chi connectivity index (χ0) is 13.8. The Morgan fingerprint density at radius 1 is 1.32 bits per heavy atom. The zero-order valence-corrected chi connectivity index (χ0v) is 11.0. The van der Waals surface area contributed by atoms with Crippen LogP contribution in [-0.2, 0) is 5.75 Å². The largest absolute Gasteiger partial charge is 0.382 e. The molecule has 0 aliphatic heterocycles. The SMILES string of the molecule is Cc1nc(SCc2ccc(F)cc2)nc(N)c1C#N. The van der Waals surface area contributed by atoms with Crippen molar-refractivity contribution in [2.24, 2.45) is 0 Å². The summed E-state index contributed by atoms with van der Waals surface area (Å²) in [6, 6.07) is 8.21. The first kappa shape index (κ1) is 13.3. The summed E-state index contributed by atoms with van der Waals surface area (Å²) in [6.45, 7) is 1.72. The van der Waals surface area contributed by atoms with Crippen LogP contribution in [0.25, 0.3) is 0 Å². The predicted molar refractivity (Wildman–Crippen MR) is 71.9 cm³/mol. The van der Waals surface area contributed by atoms with Gasteiger partial charge < -0.3 is 5.73 Å². The second kappa shape index (κ2) is 5.67. The highest BCUT2D eigenvalue weighted by Crippen LogP contribution is 2.22. The number of thioether (sulfide) groups is 1. The van der Waals surface area contributed by atoms with Crippen LogP contribution >= 0.6 is 11.8 Å². The highest BCUT2D eigenvalue weighted by molar-refractivity contribution is 7.98. The normalized spacial score (nSPS) is 10.2. The van der Waals surface area contributed by atoms with Crippen molar-refractivity contribution < 1.29 is 4.39 Å². The maximum atomic E-state index is 12.8. The molecule has 1 aromatic heterocycles. The smallest absolute Gasteiger partial charge is 0.190 e. The molecule has 0 amide bonds. The number of hydrogen-bond acceptors (Lipinski definition) is 5. The van der Waals surface area contributed by atoms with E-state index in [1.165, 1.54) is 23.9 Å². The van der Waals surface area contributed by atoms with Crippen molar-refractivity contribution in [2.45, 2.75) is 17.8 Å². The summed E-state index contributed by atoms with van der Waals surface area (Å²) in [6.07, 6.45) is 0. The number of nitrogens with zero attached hydrogens (tertiary/aromatic N) is 3. The quantitative estimate of drug-likeness (QED) is 0.688. The Hall–Kier alpha value is -2.13. The van der Waals surface area contributed by atoms with Gasteiger partial charge >= 0.3 is 0 Å². The van der Waals surface area contributed by atoms with Gasteiger partial charge in [-0.15, -0.1) is 0 Å². The number of aryl methyl sites for hydroxylation is 1. The Balaban J connectivity index is 2.12. The van der Waals surface area contributed by atoms with Crippen molar-refractivity contribution in [3.8, 4) is 6.07 Å². The van der Waals surface area contributed by atoms with Crippen LogP contribution in [0.1, 0.15) is 16.8 Å². The molecule has 6 heteroatoms. The van der Waals surface area contributed by atoms with Crippen molar-refractivity contribution in [3.05, 3.63) is 46.9 Å². The molecule has 19 heavy (non-hydrogen) atoms. The van der Waals surface area contributed by atoms with E-state index in [1.54, 1.807) is 19.1 Å². The third-order valence-electron chi connectivity index (χ3n) is 2.49. The van der Waals surface area contributed by atoms with E-state index >= 15 is 0 Å². The lowest BCUT2D eigenvalue weighted by atomic mass is 10.2. The third kappa shape index (κ3) is 3.20. The van der Waals surface area contributed by atoms with Crippen molar-refractivity contribution in [2.75, 3.05) is 5.73 Å². The average molecular weight is 274 g/mol. The number of nitriles is 1. The lowest BCUT2D eigenvalue weighted by molar-refractivity contribution is 0.627. The molecule has 0 saturated heterocycles. The maximum absolute atomic E-state index is 12.8. The van der Waals surface area contributed by atoms with Crippen LogP contribution in [0.5, 0.6) is 0 Å². The standard InChI is InChI=1S/C13H11FN4S/c1-8-11(6-15)12(16)18-13(17-8)19-7-9-2-4-10(14)5-3-9/h2-5H,7H2,1H3,(H2,16,17,18). The number of hydrogen-bond donors (Lipinski definition) is 1. The molecule has 0 unspecified atom stereocenters. The molecular formula is C13H11FN4S. The Kier molecular flexibility index (Phi) is 3.97. The summed E-state index contributed by atoms with van der Waals surface area (Å²) in [5, 5.41) is 9.38. The van der Waals surface area contributed by atoms with Gasteiger partial charge in [-0.05, 0) is 24.6 Å². The van der Waals surface area contributed by atoms with E-state index in [4.69, 9.17) is 11.0 Å².